The van der Waals surface area contributed by atoms with Crippen LogP contribution in [0.2, 0.25) is 0 Å². The van der Waals surface area contributed by atoms with Gasteiger partial charge in [-0.3, -0.25) is 4.79 Å². The summed E-state index contributed by atoms with van der Waals surface area (Å²) < 4.78 is 11.0. The number of methoxy groups -OCH3 is 1. The van der Waals surface area contributed by atoms with E-state index >= 15 is 0 Å². The summed E-state index contributed by atoms with van der Waals surface area (Å²) in [6.07, 6.45) is -0.574. The van der Waals surface area contributed by atoms with Crippen LogP contribution in [-0.2, 0) is 19.9 Å². The molecule has 1 amide bonds. The van der Waals surface area contributed by atoms with Gasteiger partial charge in [-0.05, 0) is 12.0 Å². The lowest BCUT2D eigenvalue weighted by atomic mass is 9.86. The second-order valence-corrected chi connectivity index (χ2v) is 6.64. The number of aliphatic hydroxyl groups is 1. The van der Waals surface area contributed by atoms with E-state index in [1.54, 1.807) is 0 Å². The van der Waals surface area contributed by atoms with Crippen molar-refractivity contribution in [2.75, 3.05) is 19.0 Å². The highest BCUT2D eigenvalue weighted by Gasteiger charge is 2.51. The summed E-state index contributed by atoms with van der Waals surface area (Å²) in [6, 6.07) is 7.36. The van der Waals surface area contributed by atoms with Crippen LogP contribution in [0.4, 0.5) is 5.69 Å². The molecule has 0 aromatic heterocycles. The predicted molar refractivity (Wildman–Crippen MR) is 85.9 cm³/mol. The molecule has 0 saturated carbocycles. The lowest BCUT2D eigenvalue weighted by Gasteiger charge is -2.39. The fourth-order valence-electron chi connectivity index (χ4n) is 3.49. The number of para-hydroxylation sites is 1. The molecular weight excluding hydrogens is 296 g/mol. The summed E-state index contributed by atoms with van der Waals surface area (Å²) in [6.45, 7) is 4.23. The molecule has 126 valence electrons. The molecule has 4 atom stereocenters. The van der Waals surface area contributed by atoms with E-state index in [1.165, 1.54) is 7.11 Å². The number of hydrogen-bond donors (Lipinski definition) is 3. The average molecular weight is 320 g/mol. The molecule has 1 fully saturated rings. The Labute approximate surface area is 136 Å². The normalized spacial score (nSPS) is 30.3. The van der Waals surface area contributed by atoms with Crippen LogP contribution in [-0.4, -0.2) is 43.1 Å². The van der Waals surface area contributed by atoms with Gasteiger partial charge in [0.25, 0.3) is 0 Å². The van der Waals surface area contributed by atoms with E-state index in [4.69, 9.17) is 9.47 Å². The summed E-state index contributed by atoms with van der Waals surface area (Å²) in [5.74, 6) is -0.0911. The predicted octanol–water partition coefficient (Wildman–Crippen LogP) is 1.20. The number of carbonyl (C=O) groups is 1. The molecule has 23 heavy (non-hydrogen) atoms. The third-order valence-corrected chi connectivity index (χ3v) is 4.60. The van der Waals surface area contributed by atoms with Gasteiger partial charge in [-0.15, -0.1) is 0 Å². The summed E-state index contributed by atoms with van der Waals surface area (Å²) in [5, 5.41) is 17.2. The molecule has 2 heterocycles. The lowest BCUT2D eigenvalue weighted by molar-refractivity contribution is -0.151. The van der Waals surface area contributed by atoms with Crippen molar-refractivity contribution in [1.29, 1.82) is 0 Å². The summed E-state index contributed by atoms with van der Waals surface area (Å²) in [5.41, 5.74) is 0.563. The molecule has 3 N–H and O–H groups in total. The maximum atomic E-state index is 12.3. The zero-order valence-corrected chi connectivity index (χ0v) is 13.7. The van der Waals surface area contributed by atoms with Crippen molar-refractivity contribution in [3.05, 3.63) is 29.8 Å². The van der Waals surface area contributed by atoms with Crippen LogP contribution >= 0.6 is 0 Å². The Balaban J connectivity index is 1.73. The topological polar surface area (TPSA) is 79.8 Å². The number of benzene rings is 1. The zero-order valence-electron chi connectivity index (χ0n) is 13.7. The Morgan fingerprint density at radius 3 is 2.91 bits per heavy atom. The first-order valence-corrected chi connectivity index (χ1v) is 7.99. The monoisotopic (exact) mass is 320 g/mol. The molecule has 0 radical (unpaired) electrons. The maximum Gasteiger partial charge on any atom is 0.249 e. The van der Waals surface area contributed by atoms with Gasteiger partial charge in [0.05, 0.1) is 12.6 Å². The summed E-state index contributed by atoms with van der Waals surface area (Å²) >= 11 is 0. The van der Waals surface area contributed by atoms with Crippen LogP contribution in [0.1, 0.15) is 25.8 Å². The van der Waals surface area contributed by atoms with Gasteiger partial charge in [0.15, 0.2) is 6.23 Å². The van der Waals surface area contributed by atoms with E-state index in [2.05, 4.69) is 10.6 Å². The summed E-state index contributed by atoms with van der Waals surface area (Å²) in [7, 11) is 1.53. The Bertz CT molecular complexity index is 592. The largest absolute Gasteiger partial charge is 0.380 e. The molecular formula is C17H24N2O4. The SMILES string of the molecule is CO[C@H](C(=O)N[C@@H]1CO[C@@H]2Nc3ccccc3[C@]2(O)C1)C(C)C. The Morgan fingerprint density at radius 2 is 2.22 bits per heavy atom. The minimum atomic E-state index is -1.13. The molecule has 1 aromatic carbocycles. The van der Waals surface area contributed by atoms with Crippen molar-refractivity contribution in [3.63, 3.8) is 0 Å². The summed E-state index contributed by atoms with van der Waals surface area (Å²) in [4.78, 5) is 12.3. The van der Waals surface area contributed by atoms with Crippen LogP contribution < -0.4 is 10.6 Å². The number of hydrogen-bond acceptors (Lipinski definition) is 5. The molecule has 6 heteroatoms. The van der Waals surface area contributed by atoms with Crippen molar-refractivity contribution in [2.24, 2.45) is 5.92 Å². The first-order chi connectivity index (χ1) is 11.0. The van der Waals surface area contributed by atoms with Crippen LogP contribution in [0.15, 0.2) is 24.3 Å². The van der Waals surface area contributed by atoms with Crippen LogP contribution in [0.5, 0.6) is 0 Å². The van der Waals surface area contributed by atoms with Crippen molar-refractivity contribution >= 4 is 11.6 Å². The molecule has 0 spiro atoms. The number of rotatable bonds is 4. The van der Waals surface area contributed by atoms with Crippen LogP contribution in [0, 0.1) is 5.92 Å². The van der Waals surface area contributed by atoms with Gasteiger partial charge in [-0.1, -0.05) is 32.0 Å². The van der Waals surface area contributed by atoms with Gasteiger partial charge in [0.2, 0.25) is 5.91 Å². The fourth-order valence-corrected chi connectivity index (χ4v) is 3.49. The van der Waals surface area contributed by atoms with E-state index in [9.17, 15) is 9.90 Å². The lowest BCUT2D eigenvalue weighted by Crippen LogP contribution is -2.56. The number of ether oxygens (including phenoxy) is 2. The number of fused-ring (bicyclic) bond motifs is 3. The van der Waals surface area contributed by atoms with E-state index in [0.717, 1.165) is 11.3 Å². The molecule has 0 unspecified atom stereocenters. The molecule has 6 nitrogen and oxygen atoms in total. The first kappa shape index (κ1) is 16.2. The fraction of sp³-hybridized carbons (Fsp3) is 0.588. The minimum Gasteiger partial charge on any atom is -0.380 e. The van der Waals surface area contributed by atoms with Crippen molar-refractivity contribution in [3.8, 4) is 0 Å². The van der Waals surface area contributed by atoms with Crippen LogP contribution in [0.3, 0.4) is 0 Å². The van der Waals surface area contributed by atoms with Crippen molar-refractivity contribution in [2.45, 2.75) is 44.2 Å². The van der Waals surface area contributed by atoms with Gasteiger partial charge < -0.3 is 25.2 Å². The van der Waals surface area contributed by atoms with E-state index in [1.807, 2.05) is 38.1 Å². The zero-order chi connectivity index (χ0) is 16.6. The second-order valence-electron chi connectivity index (χ2n) is 6.64. The van der Waals surface area contributed by atoms with Gasteiger partial charge in [-0.2, -0.15) is 0 Å². The van der Waals surface area contributed by atoms with Gasteiger partial charge in [-0.25, -0.2) is 0 Å². The molecule has 3 rings (SSSR count). The van der Waals surface area contributed by atoms with Gasteiger partial charge >= 0.3 is 0 Å². The molecule has 0 aliphatic carbocycles. The van der Waals surface area contributed by atoms with Gasteiger partial charge in [0.1, 0.15) is 11.7 Å². The standard InChI is InChI=1S/C17H24N2O4/c1-10(2)14(22-3)15(20)18-11-8-17(21)12-6-4-5-7-13(12)19-16(17)23-9-11/h4-7,10-11,14,16,19,21H,8-9H2,1-3H3,(H,18,20)/t11-,14-,16-,17+/m0/s1. The smallest absolute Gasteiger partial charge is 0.249 e. The number of carbonyl (C=O) groups excluding carboxylic acids is 1. The van der Waals surface area contributed by atoms with Crippen LogP contribution in [0.25, 0.3) is 0 Å². The highest BCUT2D eigenvalue weighted by atomic mass is 16.5. The molecule has 1 aromatic rings. The highest BCUT2D eigenvalue weighted by Crippen LogP contribution is 2.44. The Hall–Kier alpha value is -1.63. The molecule has 2 aliphatic rings. The van der Waals surface area contributed by atoms with Crippen molar-refractivity contribution in [1.82, 2.24) is 5.32 Å². The van der Waals surface area contributed by atoms with Gasteiger partial charge in [0, 0.05) is 24.8 Å². The average Bonchev–Trinajstić information content (AvgIpc) is 2.80. The molecule has 0 bridgehead atoms. The Kier molecular flexibility index (Phi) is 4.31. The van der Waals surface area contributed by atoms with E-state index in [-0.39, 0.29) is 17.9 Å². The third-order valence-electron chi connectivity index (χ3n) is 4.60. The maximum absolute atomic E-state index is 12.3. The third kappa shape index (κ3) is 2.82. The minimum absolute atomic E-state index is 0.0780. The number of amides is 1. The quantitative estimate of drug-likeness (QED) is 0.777. The molecule has 2 aliphatic heterocycles. The second kappa shape index (κ2) is 6.11. The Morgan fingerprint density at radius 1 is 1.48 bits per heavy atom. The van der Waals surface area contributed by atoms with E-state index < -0.39 is 17.9 Å². The number of nitrogens with one attached hydrogen (secondary N) is 2. The highest BCUT2D eigenvalue weighted by molar-refractivity contribution is 5.81. The van der Waals surface area contributed by atoms with E-state index in [0.29, 0.717) is 13.0 Å². The number of anilines is 1. The molecule has 1 saturated heterocycles. The first-order valence-electron chi connectivity index (χ1n) is 7.99. The van der Waals surface area contributed by atoms with Crippen molar-refractivity contribution < 1.29 is 19.4 Å².